The molecule has 0 aliphatic rings. The van der Waals surface area contributed by atoms with Crippen molar-refractivity contribution in [1.82, 2.24) is 0 Å². The molecular formula is C29H27N3O7S2. The van der Waals surface area contributed by atoms with Gasteiger partial charge in [-0.2, -0.15) is 0 Å². The Bertz CT molecular complexity index is 1630. The summed E-state index contributed by atoms with van der Waals surface area (Å²) in [5.74, 6) is 0.567. The Morgan fingerprint density at radius 3 is 2.27 bits per heavy atom. The first-order chi connectivity index (χ1) is 19.7. The van der Waals surface area contributed by atoms with Gasteiger partial charge in [0.2, 0.25) is 5.91 Å². The third-order valence-electron chi connectivity index (χ3n) is 5.96. The third-order valence-corrected chi connectivity index (χ3v) is 8.85. The Balaban J connectivity index is 1.60. The van der Waals surface area contributed by atoms with Crippen LogP contribution in [0.3, 0.4) is 0 Å². The number of carbonyl (C=O) groups excluding carboxylic acids is 1. The molecule has 0 radical (unpaired) electrons. The van der Waals surface area contributed by atoms with Crippen molar-refractivity contribution in [2.75, 3.05) is 30.4 Å². The first-order valence-electron chi connectivity index (χ1n) is 12.3. The number of hydrogen-bond donors (Lipinski definition) is 1. The number of anilines is 2. The van der Waals surface area contributed by atoms with Crippen molar-refractivity contribution in [3.63, 3.8) is 0 Å². The number of ether oxygens (including phenoxy) is 2. The zero-order valence-electron chi connectivity index (χ0n) is 22.2. The molecule has 10 nitrogen and oxygen atoms in total. The Hall–Kier alpha value is -4.55. The summed E-state index contributed by atoms with van der Waals surface area (Å²) in [6.45, 7) is -0.678. The van der Waals surface area contributed by atoms with Crippen LogP contribution in [0.1, 0.15) is 5.56 Å². The van der Waals surface area contributed by atoms with Crippen molar-refractivity contribution in [1.29, 1.82) is 0 Å². The van der Waals surface area contributed by atoms with Crippen LogP contribution in [-0.4, -0.2) is 40.0 Å². The van der Waals surface area contributed by atoms with Gasteiger partial charge in [-0.05, 0) is 48.0 Å². The van der Waals surface area contributed by atoms with E-state index in [9.17, 15) is 23.3 Å². The quantitative estimate of drug-likeness (QED) is 0.125. The lowest BCUT2D eigenvalue weighted by Gasteiger charge is -2.25. The van der Waals surface area contributed by atoms with E-state index in [2.05, 4.69) is 5.32 Å². The highest BCUT2D eigenvalue weighted by Gasteiger charge is 2.34. The van der Waals surface area contributed by atoms with E-state index in [4.69, 9.17) is 9.47 Å². The molecule has 4 rings (SSSR count). The topological polar surface area (TPSA) is 128 Å². The summed E-state index contributed by atoms with van der Waals surface area (Å²) in [7, 11) is -1.82. The summed E-state index contributed by atoms with van der Waals surface area (Å²) in [5.41, 5.74) is 0.901. The van der Waals surface area contributed by atoms with E-state index in [0.29, 0.717) is 11.4 Å². The van der Waals surface area contributed by atoms with Gasteiger partial charge in [0.1, 0.15) is 18.0 Å². The molecule has 0 spiro atoms. The van der Waals surface area contributed by atoms with Crippen molar-refractivity contribution in [2.24, 2.45) is 0 Å². The molecule has 1 N–H and O–H groups in total. The molecule has 4 aromatic rings. The van der Waals surface area contributed by atoms with Crippen molar-refractivity contribution in [3.05, 3.63) is 113 Å². The lowest BCUT2D eigenvalue weighted by molar-refractivity contribution is -0.387. The van der Waals surface area contributed by atoms with Gasteiger partial charge in [-0.25, -0.2) is 8.42 Å². The fourth-order valence-electron chi connectivity index (χ4n) is 3.93. The van der Waals surface area contributed by atoms with Gasteiger partial charge in [0.15, 0.2) is 4.90 Å². The number of sulfonamides is 1. The average molecular weight is 594 g/mol. The molecule has 0 aliphatic carbocycles. The summed E-state index contributed by atoms with van der Waals surface area (Å²) in [5, 5.41) is 14.4. The number of rotatable bonds is 12. The smallest absolute Gasteiger partial charge is 0.289 e. The second-order valence-electron chi connectivity index (χ2n) is 8.62. The molecule has 0 saturated heterocycles. The standard InChI is InChI=1S/C29H27N3O7S2/c1-38-23-16-17-25(27(18-23)39-2)31(41(36,37)28-11-7-6-10-26(28)32(34)35)19-29(33)30-22-14-12-21(13-15-22)20-40-24-8-4-3-5-9-24/h3-18H,19-20H2,1-2H3,(H,30,33). The lowest BCUT2D eigenvalue weighted by Crippen LogP contribution is -2.38. The Morgan fingerprint density at radius 1 is 0.927 bits per heavy atom. The first kappa shape index (κ1) is 29.4. The number of amides is 1. The fourth-order valence-corrected chi connectivity index (χ4v) is 6.40. The predicted molar refractivity (Wildman–Crippen MR) is 158 cm³/mol. The monoisotopic (exact) mass is 593 g/mol. The minimum absolute atomic E-state index is 0.00915. The SMILES string of the molecule is COc1ccc(N(CC(=O)Nc2ccc(CSc3ccccc3)cc2)S(=O)(=O)c2ccccc2[N+](=O)[O-])c(OC)c1. The van der Waals surface area contributed by atoms with Crippen molar-refractivity contribution < 1.29 is 27.6 Å². The van der Waals surface area contributed by atoms with E-state index in [0.717, 1.165) is 32.6 Å². The molecule has 0 fully saturated rings. The minimum atomic E-state index is -4.60. The second-order valence-corrected chi connectivity index (χ2v) is 11.5. The number of methoxy groups -OCH3 is 2. The van der Waals surface area contributed by atoms with E-state index < -0.39 is 38.0 Å². The zero-order valence-corrected chi connectivity index (χ0v) is 23.9. The maximum atomic E-state index is 13.9. The largest absolute Gasteiger partial charge is 0.497 e. The number of carbonyl (C=O) groups is 1. The van der Waals surface area contributed by atoms with Gasteiger partial charge in [-0.3, -0.25) is 19.2 Å². The fraction of sp³-hybridized carbons (Fsp3) is 0.138. The molecule has 0 unspecified atom stereocenters. The second kappa shape index (κ2) is 13.2. The predicted octanol–water partition coefficient (Wildman–Crippen LogP) is 5.74. The molecule has 0 bridgehead atoms. The van der Waals surface area contributed by atoms with Crippen LogP contribution < -0.4 is 19.1 Å². The van der Waals surface area contributed by atoms with Crippen LogP contribution in [0.2, 0.25) is 0 Å². The maximum Gasteiger partial charge on any atom is 0.289 e. The van der Waals surface area contributed by atoms with Crippen molar-refractivity contribution >= 4 is 44.8 Å². The number of hydrogen-bond acceptors (Lipinski definition) is 8. The molecule has 4 aromatic carbocycles. The van der Waals surface area contributed by atoms with Crippen LogP contribution in [0.5, 0.6) is 11.5 Å². The Kier molecular flexibility index (Phi) is 9.48. The van der Waals surface area contributed by atoms with Crippen LogP contribution in [0.15, 0.2) is 107 Å². The number of nitro benzene ring substituents is 1. The maximum absolute atomic E-state index is 13.9. The van der Waals surface area contributed by atoms with Gasteiger partial charge < -0.3 is 14.8 Å². The summed E-state index contributed by atoms with van der Waals surface area (Å²) in [6.07, 6.45) is 0. The van der Waals surface area contributed by atoms with E-state index in [1.54, 1.807) is 23.9 Å². The summed E-state index contributed by atoms with van der Waals surface area (Å²) in [4.78, 5) is 24.6. The number of benzene rings is 4. The molecule has 0 aromatic heterocycles. The Labute approximate surface area is 242 Å². The van der Waals surface area contributed by atoms with Gasteiger partial charge in [-0.1, -0.05) is 42.5 Å². The molecular weight excluding hydrogens is 566 g/mol. The molecule has 1 amide bonds. The number of thioether (sulfide) groups is 1. The Morgan fingerprint density at radius 2 is 1.61 bits per heavy atom. The highest BCUT2D eigenvalue weighted by molar-refractivity contribution is 7.98. The molecule has 0 atom stereocenters. The zero-order chi connectivity index (χ0) is 29.4. The normalized spacial score (nSPS) is 11.0. The van der Waals surface area contributed by atoms with Crippen LogP contribution in [0.4, 0.5) is 17.1 Å². The van der Waals surface area contributed by atoms with Crippen LogP contribution >= 0.6 is 11.8 Å². The highest BCUT2D eigenvalue weighted by Crippen LogP contribution is 2.37. The molecule has 0 aliphatic heterocycles. The molecule has 0 heterocycles. The van der Waals surface area contributed by atoms with Crippen LogP contribution in [-0.2, 0) is 20.6 Å². The summed E-state index contributed by atoms with van der Waals surface area (Å²) in [6, 6.07) is 26.5. The first-order valence-corrected chi connectivity index (χ1v) is 14.7. The van der Waals surface area contributed by atoms with Gasteiger partial charge >= 0.3 is 0 Å². The molecule has 41 heavy (non-hydrogen) atoms. The van der Waals surface area contributed by atoms with Gasteiger partial charge in [-0.15, -0.1) is 11.8 Å². The van der Waals surface area contributed by atoms with E-state index in [1.807, 2.05) is 42.5 Å². The van der Waals surface area contributed by atoms with E-state index in [1.165, 1.54) is 44.6 Å². The van der Waals surface area contributed by atoms with Gasteiger partial charge in [0.05, 0.1) is 24.8 Å². The lowest BCUT2D eigenvalue weighted by atomic mass is 10.2. The number of nitrogens with one attached hydrogen (secondary N) is 1. The van der Waals surface area contributed by atoms with Gasteiger partial charge in [0.25, 0.3) is 15.7 Å². The third kappa shape index (κ3) is 7.16. The van der Waals surface area contributed by atoms with E-state index >= 15 is 0 Å². The van der Waals surface area contributed by atoms with Gasteiger partial charge in [0, 0.05) is 28.5 Å². The number of nitrogens with zero attached hydrogens (tertiary/aromatic N) is 2. The van der Waals surface area contributed by atoms with Crippen LogP contribution in [0, 0.1) is 10.1 Å². The summed E-state index contributed by atoms with van der Waals surface area (Å²) >= 11 is 1.68. The molecule has 12 heteroatoms. The van der Waals surface area contributed by atoms with E-state index in [-0.39, 0.29) is 11.4 Å². The molecule has 212 valence electrons. The minimum Gasteiger partial charge on any atom is -0.497 e. The average Bonchev–Trinajstić information content (AvgIpc) is 2.99. The van der Waals surface area contributed by atoms with Crippen LogP contribution in [0.25, 0.3) is 0 Å². The number of para-hydroxylation sites is 1. The molecule has 0 saturated carbocycles. The van der Waals surface area contributed by atoms with Crippen molar-refractivity contribution in [2.45, 2.75) is 15.5 Å². The summed E-state index contributed by atoms with van der Waals surface area (Å²) < 4.78 is 39.1. The highest BCUT2D eigenvalue weighted by atomic mass is 32.2. The van der Waals surface area contributed by atoms with Crippen molar-refractivity contribution in [3.8, 4) is 11.5 Å². The number of nitro groups is 1.